The van der Waals surface area contributed by atoms with Crippen LogP contribution in [0.4, 0.5) is 0 Å². The SMILES string of the molecule is CCCCCCCCCCCCCCCCCCPCCCCCCCC. The summed E-state index contributed by atoms with van der Waals surface area (Å²) >= 11 is 0. The Morgan fingerprint density at radius 1 is 0.296 bits per heavy atom. The van der Waals surface area contributed by atoms with Crippen molar-refractivity contribution in [1.29, 1.82) is 0 Å². The predicted octanol–water partition coefficient (Wildman–Crippen LogP) is 10.3. The van der Waals surface area contributed by atoms with Crippen molar-refractivity contribution in [3.63, 3.8) is 0 Å². The molecule has 0 nitrogen and oxygen atoms in total. The summed E-state index contributed by atoms with van der Waals surface area (Å²) in [5.41, 5.74) is 0. The van der Waals surface area contributed by atoms with Crippen LogP contribution in [0.5, 0.6) is 0 Å². The molecule has 0 aromatic heterocycles. The molecule has 1 unspecified atom stereocenters. The topological polar surface area (TPSA) is 0 Å². The third-order valence-corrected chi connectivity index (χ3v) is 7.33. The standard InChI is InChI=1S/C26H55P/c1-3-5-7-9-11-12-13-14-15-16-17-18-19-20-22-24-26-27-25-23-21-10-8-6-4-2/h27H,3-26H2,1-2H3. The Kier molecular flexibility index (Phi) is 26.9. The van der Waals surface area contributed by atoms with E-state index in [2.05, 4.69) is 13.8 Å². The number of unbranched alkanes of at least 4 members (excludes halogenated alkanes) is 20. The molecule has 1 atom stereocenters. The van der Waals surface area contributed by atoms with Crippen LogP contribution in [0.3, 0.4) is 0 Å². The first-order valence-corrected chi connectivity index (χ1v) is 14.5. The molecule has 0 heterocycles. The predicted molar refractivity (Wildman–Crippen MR) is 131 cm³/mol. The van der Waals surface area contributed by atoms with E-state index in [1.165, 1.54) is 162 Å². The van der Waals surface area contributed by atoms with Gasteiger partial charge in [-0.1, -0.05) is 142 Å². The fraction of sp³-hybridized carbons (Fsp3) is 1.00. The molecule has 0 aromatic carbocycles. The summed E-state index contributed by atoms with van der Waals surface area (Å²) in [4.78, 5) is 0. The number of hydrogen-bond acceptors (Lipinski definition) is 0. The molecular weight excluding hydrogens is 343 g/mol. The first-order valence-electron chi connectivity index (χ1n) is 13.1. The van der Waals surface area contributed by atoms with E-state index in [1.807, 2.05) is 0 Å². The van der Waals surface area contributed by atoms with Crippen molar-refractivity contribution >= 4 is 8.58 Å². The third-order valence-electron chi connectivity index (χ3n) is 5.91. The molecule has 0 amide bonds. The van der Waals surface area contributed by atoms with E-state index < -0.39 is 0 Å². The van der Waals surface area contributed by atoms with E-state index in [4.69, 9.17) is 0 Å². The van der Waals surface area contributed by atoms with E-state index in [0.29, 0.717) is 0 Å². The summed E-state index contributed by atoms with van der Waals surface area (Å²) in [7, 11) is 1.26. The zero-order valence-electron chi connectivity index (χ0n) is 19.5. The van der Waals surface area contributed by atoms with Gasteiger partial charge in [0.05, 0.1) is 0 Å². The molecule has 0 aliphatic carbocycles. The normalized spacial score (nSPS) is 11.8. The summed E-state index contributed by atoms with van der Waals surface area (Å²) < 4.78 is 0. The van der Waals surface area contributed by atoms with Gasteiger partial charge < -0.3 is 0 Å². The van der Waals surface area contributed by atoms with E-state index >= 15 is 0 Å². The highest BCUT2D eigenvalue weighted by molar-refractivity contribution is 7.37. The Labute approximate surface area is 176 Å². The van der Waals surface area contributed by atoms with Gasteiger partial charge in [0.1, 0.15) is 0 Å². The summed E-state index contributed by atoms with van der Waals surface area (Å²) in [5, 5.41) is 0. The van der Waals surface area contributed by atoms with Crippen LogP contribution in [-0.2, 0) is 0 Å². The molecule has 0 N–H and O–H groups in total. The van der Waals surface area contributed by atoms with Crippen molar-refractivity contribution in [3.8, 4) is 0 Å². The van der Waals surface area contributed by atoms with Gasteiger partial charge in [-0.05, 0) is 25.2 Å². The van der Waals surface area contributed by atoms with Crippen molar-refractivity contribution in [2.75, 3.05) is 12.3 Å². The molecule has 0 aromatic rings. The molecule has 0 rings (SSSR count). The van der Waals surface area contributed by atoms with Crippen LogP contribution < -0.4 is 0 Å². The van der Waals surface area contributed by atoms with Gasteiger partial charge in [0.15, 0.2) is 0 Å². The molecule has 0 fully saturated rings. The largest absolute Gasteiger partial charge is 0.122 e. The molecular formula is C26H55P. The fourth-order valence-corrected chi connectivity index (χ4v) is 5.20. The van der Waals surface area contributed by atoms with Crippen molar-refractivity contribution in [2.45, 2.75) is 155 Å². The Morgan fingerprint density at radius 3 is 0.778 bits per heavy atom. The van der Waals surface area contributed by atoms with Crippen molar-refractivity contribution in [1.82, 2.24) is 0 Å². The number of hydrogen-bond donors (Lipinski definition) is 0. The first-order chi connectivity index (χ1) is 13.4. The van der Waals surface area contributed by atoms with Crippen molar-refractivity contribution in [2.24, 2.45) is 0 Å². The first kappa shape index (κ1) is 27.4. The van der Waals surface area contributed by atoms with Crippen LogP contribution in [0.25, 0.3) is 0 Å². The Morgan fingerprint density at radius 2 is 0.519 bits per heavy atom. The smallest absolute Gasteiger partial charge is 0.0353 e. The van der Waals surface area contributed by atoms with Gasteiger partial charge in [0, 0.05) is 0 Å². The highest BCUT2D eigenvalue weighted by atomic mass is 31.1. The molecule has 0 aliphatic rings. The Balaban J connectivity index is 2.95. The minimum absolute atomic E-state index is 1.26. The minimum atomic E-state index is 1.26. The molecule has 0 radical (unpaired) electrons. The molecule has 164 valence electrons. The average Bonchev–Trinajstić information content (AvgIpc) is 2.68. The van der Waals surface area contributed by atoms with Crippen LogP contribution in [0.1, 0.15) is 155 Å². The summed E-state index contributed by atoms with van der Waals surface area (Å²) in [6.07, 6.45) is 35.5. The van der Waals surface area contributed by atoms with Gasteiger partial charge in [0.2, 0.25) is 0 Å². The van der Waals surface area contributed by atoms with Gasteiger partial charge in [-0.3, -0.25) is 0 Å². The summed E-state index contributed by atoms with van der Waals surface area (Å²) in [6.45, 7) is 4.61. The molecule has 0 bridgehead atoms. The maximum atomic E-state index is 2.30. The van der Waals surface area contributed by atoms with Crippen LogP contribution >= 0.6 is 8.58 Å². The van der Waals surface area contributed by atoms with Crippen LogP contribution in [0.15, 0.2) is 0 Å². The quantitative estimate of drug-likeness (QED) is 0.112. The second kappa shape index (κ2) is 26.4. The molecule has 1 heteroatoms. The average molecular weight is 399 g/mol. The third kappa shape index (κ3) is 26.4. The van der Waals surface area contributed by atoms with E-state index in [1.54, 1.807) is 0 Å². The second-order valence-electron chi connectivity index (χ2n) is 8.82. The van der Waals surface area contributed by atoms with E-state index in [0.717, 1.165) is 0 Å². The zero-order chi connectivity index (χ0) is 19.7. The lowest BCUT2D eigenvalue weighted by Crippen LogP contribution is -1.85. The molecule has 0 aliphatic heterocycles. The summed E-state index contributed by atoms with van der Waals surface area (Å²) in [6, 6.07) is 0. The summed E-state index contributed by atoms with van der Waals surface area (Å²) in [5.74, 6) is 0. The van der Waals surface area contributed by atoms with Crippen LogP contribution in [-0.4, -0.2) is 12.3 Å². The second-order valence-corrected chi connectivity index (χ2v) is 10.3. The highest BCUT2D eigenvalue weighted by Gasteiger charge is 1.95. The van der Waals surface area contributed by atoms with Gasteiger partial charge in [0.25, 0.3) is 0 Å². The zero-order valence-corrected chi connectivity index (χ0v) is 20.5. The lowest BCUT2D eigenvalue weighted by Gasteiger charge is -2.04. The van der Waals surface area contributed by atoms with Gasteiger partial charge in [-0.25, -0.2) is 0 Å². The highest BCUT2D eigenvalue weighted by Crippen LogP contribution is 2.18. The molecule has 27 heavy (non-hydrogen) atoms. The van der Waals surface area contributed by atoms with E-state index in [-0.39, 0.29) is 0 Å². The minimum Gasteiger partial charge on any atom is -0.122 e. The Bertz CT molecular complexity index is 214. The van der Waals surface area contributed by atoms with E-state index in [9.17, 15) is 0 Å². The maximum Gasteiger partial charge on any atom is -0.0353 e. The Hall–Kier alpha value is 0.430. The van der Waals surface area contributed by atoms with Gasteiger partial charge >= 0.3 is 0 Å². The molecule has 0 spiro atoms. The van der Waals surface area contributed by atoms with Crippen LogP contribution in [0, 0.1) is 0 Å². The molecule has 0 saturated carbocycles. The van der Waals surface area contributed by atoms with Crippen LogP contribution in [0.2, 0.25) is 0 Å². The van der Waals surface area contributed by atoms with Crippen molar-refractivity contribution < 1.29 is 0 Å². The van der Waals surface area contributed by atoms with Gasteiger partial charge in [-0.2, -0.15) is 0 Å². The van der Waals surface area contributed by atoms with Crippen molar-refractivity contribution in [3.05, 3.63) is 0 Å². The molecule has 0 saturated heterocycles. The lowest BCUT2D eigenvalue weighted by atomic mass is 10.0. The fourth-order valence-electron chi connectivity index (χ4n) is 3.95. The maximum absolute atomic E-state index is 2.30. The van der Waals surface area contributed by atoms with Gasteiger partial charge in [-0.15, -0.1) is 8.58 Å². The number of rotatable bonds is 24. The lowest BCUT2D eigenvalue weighted by molar-refractivity contribution is 0.531. The monoisotopic (exact) mass is 398 g/mol.